The van der Waals surface area contributed by atoms with Gasteiger partial charge in [0.2, 0.25) is 5.91 Å². The molecule has 1 amide bonds. The number of carbonyl (C=O) groups excluding carboxylic acids is 1. The Morgan fingerprint density at radius 1 is 1.20 bits per heavy atom. The van der Waals surface area contributed by atoms with Gasteiger partial charge in [0, 0.05) is 25.4 Å². The van der Waals surface area contributed by atoms with Crippen LogP contribution < -0.4 is 10.1 Å². The summed E-state index contributed by atoms with van der Waals surface area (Å²) in [4.78, 5) is 15.8. The highest BCUT2D eigenvalue weighted by molar-refractivity contribution is 5.76. The Kier molecular flexibility index (Phi) is 5.12. The fraction of sp³-hybridized carbons (Fsp3) is 0.250. The van der Waals surface area contributed by atoms with Crippen molar-refractivity contribution in [2.75, 3.05) is 7.11 Å². The summed E-state index contributed by atoms with van der Waals surface area (Å²) >= 11 is 0. The van der Waals surface area contributed by atoms with Gasteiger partial charge in [0.15, 0.2) is 0 Å². The average Bonchev–Trinajstić information content (AvgIpc) is 2.52. The van der Waals surface area contributed by atoms with E-state index in [-0.39, 0.29) is 5.91 Å². The molecule has 1 heterocycles. The first kappa shape index (κ1) is 14.1. The highest BCUT2D eigenvalue weighted by atomic mass is 16.5. The zero-order chi connectivity index (χ0) is 14.2. The summed E-state index contributed by atoms with van der Waals surface area (Å²) in [7, 11) is 1.64. The van der Waals surface area contributed by atoms with E-state index in [0.717, 1.165) is 23.3 Å². The SMILES string of the molecule is COc1ccc(CCC(=O)NCc2cccnc2)cc1. The summed E-state index contributed by atoms with van der Waals surface area (Å²) in [5, 5.41) is 2.89. The van der Waals surface area contributed by atoms with E-state index in [1.54, 1.807) is 19.5 Å². The quantitative estimate of drug-likeness (QED) is 0.876. The molecule has 4 heteroatoms. The molecule has 2 rings (SSSR count). The molecule has 0 spiro atoms. The van der Waals surface area contributed by atoms with E-state index >= 15 is 0 Å². The van der Waals surface area contributed by atoms with E-state index in [4.69, 9.17) is 4.74 Å². The standard InChI is InChI=1S/C16H18N2O2/c1-20-15-7-4-13(5-8-15)6-9-16(19)18-12-14-3-2-10-17-11-14/h2-5,7-8,10-11H,6,9,12H2,1H3,(H,18,19). The van der Waals surface area contributed by atoms with Crippen molar-refractivity contribution in [1.82, 2.24) is 10.3 Å². The molecule has 0 saturated carbocycles. The molecule has 0 fully saturated rings. The van der Waals surface area contributed by atoms with Crippen molar-refractivity contribution in [2.45, 2.75) is 19.4 Å². The fourth-order valence-corrected chi connectivity index (χ4v) is 1.84. The van der Waals surface area contributed by atoms with E-state index in [0.29, 0.717) is 13.0 Å². The Balaban J connectivity index is 1.74. The summed E-state index contributed by atoms with van der Waals surface area (Å²) in [6, 6.07) is 11.6. The summed E-state index contributed by atoms with van der Waals surface area (Å²) in [6.45, 7) is 0.523. The number of nitrogens with one attached hydrogen (secondary N) is 1. The largest absolute Gasteiger partial charge is 0.497 e. The Labute approximate surface area is 118 Å². The Hall–Kier alpha value is -2.36. The van der Waals surface area contributed by atoms with Crippen LogP contribution in [-0.4, -0.2) is 18.0 Å². The number of amides is 1. The molecule has 0 aliphatic carbocycles. The Morgan fingerprint density at radius 2 is 2.00 bits per heavy atom. The number of rotatable bonds is 6. The smallest absolute Gasteiger partial charge is 0.220 e. The molecule has 0 aliphatic heterocycles. The highest BCUT2D eigenvalue weighted by Gasteiger charge is 2.02. The summed E-state index contributed by atoms with van der Waals surface area (Å²) in [5.74, 6) is 0.874. The first-order chi connectivity index (χ1) is 9.78. The Bertz CT molecular complexity index is 538. The van der Waals surface area contributed by atoms with Gasteiger partial charge < -0.3 is 10.1 Å². The number of hydrogen-bond acceptors (Lipinski definition) is 3. The van der Waals surface area contributed by atoms with Gasteiger partial charge in [-0.3, -0.25) is 9.78 Å². The van der Waals surface area contributed by atoms with Crippen molar-refractivity contribution >= 4 is 5.91 Å². The number of pyridine rings is 1. The number of hydrogen-bond donors (Lipinski definition) is 1. The topological polar surface area (TPSA) is 51.2 Å². The number of ether oxygens (including phenoxy) is 1. The van der Waals surface area contributed by atoms with Crippen LogP contribution >= 0.6 is 0 Å². The minimum absolute atomic E-state index is 0.0460. The van der Waals surface area contributed by atoms with Crippen LogP contribution in [-0.2, 0) is 17.8 Å². The lowest BCUT2D eigenvalue weighted by Crippen LogP contribution is -2.23. The molecule has 0 aliphatic rings. The van der Waals surface area contributed by atoms with Gasteiger partial charge in [-0.2, -0.15) is 0 Å². The van der Waals surface area contributed by atoms with Crippen LogP contribution in [0.5, 0.6) is 5.75 Å². The maximum atomic E-state index is 11.8. The molecule has 0 unspecified atom stereocenters. The molecule has 1 aromatic carbocycles. The predicted molar refractivity (Wildman–Crippen MR) is 77.4 cm³/mol. The summed E-state index contributed by atoms with van der Waals surface area (Å²) in [5.41, 5.74) is 2.13. The molecule has 104 valence electrons. The van der Waals surface area contributed by atoms with Crippen LogP contribution in [0.15, 0.2) is 48.8 Å². The molecule has 0 saturated heterocycles. The second kappa shape index (κ2) is 7.28. The molecule has 4 nitrogen and oxygen atoms in total. The lowest BCUT2D eigenvalue weighted by molar-refractivity contribution is -0.121. The molecular weight excluding hydrogens is 252 g/mol. The van der Waals surface area contributed by atoms with Crippen molar-refractivity contribution in [3.05, 3.63) is 59.9 Å². The molecule has 0 radical (unpaired) electrons. The van der Waals surface area contributed by atoms with E-state index in [1.165, 1.54) is 0 Å². The molecule has 2 aromatic rings. The lowest BCUT2D eigenvalue weighted by atomic mass is 10.1. The third-order valence-corrected chi connectivity index (χ3v) is 3.01. The molecule has 0 atom stereocenters. The normalized spacial score (nSPS) is 10.1. The predicted octanol–water partition coefficient (Wildman–Crippen LogP) is 2.34. The van der Waals surface area contributed by atoms with Crippen LogP contribution in [0, 0.1) is 0 Å². The van der Waals surface area contributed by atoms with Crippen LogP contribution in [0.2, 0.25) is 0 Å². The minimum Gasteiger partial charge on any atom is -0.497 e. The van der Waals surface area contributed by atoms with Crippen molar-refractivity contribution < 1.29 is 9.53 Å². The van der Waals surface area contributed by atoms with Gasteiger partial charge in [-0.15, -0.1) is 0 Å². The molecule has 20 heavy (non-hydrogen) atoms. The molecular formula is C16H18N2O2. The molecule has 1 aromatic heterocycles. The molecule has 1 N–H and O–H groups in total. The Morgan fingerprint density at radius 3 is 2.65 bits per heavy atom. The maximum absolute atomic E-state index is 11.8. The number of benzene rings is 1. The third-order valence-electron chi connectivity index (χ3n) is 3.01. The van der Waals surface area contributed by atoms with Gasteiger partial charge in [-0.1, -0.05) is 18.2 Å². The van der Waals surface area contributed by atoms with Crippen molar-refractivity contribution in [2.24, 2.45) is 0 Å². The van der Waals surface area contributed by atoms with E-state index in [1.807, 2.05) is 36.4 Å². The zero-order valence-corrected chi connectivity index (χ0v) is 11.5. The first-order valence-electron chi connectivity index (χ1n) is 6.56. The van der Waals surface area contributed by atoms with Gasteiger partial charge in [-0.05, 0) is 35.7 Å². The van der Waals surface area contributed by atoms with Crippen molar-refractivity contribution in [3.63, 3.8) is 0 Å². The second-order valence-corrected chi connectivity index (χ2v) is 4.49. The number of nitrogens with zero attached hydrogens (tertiary/aromatic N) is 1. The van der Waals surface area contributed by atoms with Crippen LogP contribution in [0.1, 0.15) is 17.5 Å². The van der Waals surface area contributed by atoms with Crippen LogP contribution in [0.3, 0.4) is 0 Å². The monoisotopic (exact) mass is 270 g/mol. The number of methoxy groups -OCH3 is 1. The number of aryl methyl sites for hydroxylation is 1. The summed E-state index contributed by atoms with van der Waals surface area (Å²) in [6.07, 6.45) is 4.67. The lowest BCUT2D eigenvalue weighted by Gasteiger charge is -2.06. The first-order valence-corrected chi connectivity index (χ1v) is 6.56. The van der Waals surface area contributed by atoms with Crippen molar-refractivity contribution in [3.8, 4) is 5.75 Å². The maximum Gasteiger partial charge on any atom is 0.220 e. The average molecular weight is 270 g/mol. The second-order valence-electron chi connectivity index (χ2n) is 4.49. The zero-order valence-electron chi connectivity index (χ0n) is 11.5. The van der Waals surface area contributed by atoms with E-state index in [2.05, 4.69) is 10.3 Å². The summed E-state index contributed by atoms with van der Waals surface area (Å²) < 4.78 is 5.10. The van der Waals surface area contributed by atoms with Gasteiger partial charge in [0.25, 0.3) is 0 Å². The van der Waals surface area contributed by atoms with Gasteiger partial charge in [-0.25, -0.2) is 0 Å². The molecule has 0 bridgehead atoms. The third kappa shape index (κ3) is 4.39. The number of carbonyl (C=O) groups is 1. The van der Waals surface area contributed by atoms with E-state index in [9.17, 15) is 4.79 Å². The van der Waals surface area contributed by atoms with Crippen LogP contribution in [0.4, 0.5) is 0 Å². The van der Waals surface area contributed by atoms with Gasteiger partial charge in [0.05, 0.1) is 7.11 Å². The fourth-order valence-electron chi connectivity index (χ4n) is 1.84. The highest BCUT2D eigenvalue weighted by Crippen LogP contribution is 2.12. The van der Waals surface area contributed by atoms with Gasteiger partial charge in [0.1, 0.15) is 5.75 Å². The number of aromatic nitrogens is 1. The van der Waals surface area contributed by atoms with Gasteiger partial charge >= 0.3 is 0 Å². The minimum atomic E-state index is 0.0460. The van der Waals surface area contributed by atoms with Crippen molar-refractivity contribution in [1.29, 1.82) is 0 Å². The van der Waals surface area contributed by atoms with Crippen LogP contribution in [0.25, 0.3) is 0 Å². The van der Waals surface area contributed by atoms with E-state index < -0.39 is 0 Å².